The third kappa shape index (κ3) is 5.03. The minimum Gasteiger partial charge on any atom is -0.355 e. The van der Waals surface area contributed by atoms with Gasteiger partial charge in [0.25, 0.3) is 0 Å². The number of piperazine rings is 1. The Bertz CT molecular complexity index is 772. The monoisotopic (exact) mass is 393 g/mol. The molecular formula is C22H31N7. The maximum absolute atomic E-state index is 4.52. The minimum atomic E-state index is 0.600. The van der Waals surface area contributed by atoms with E-state index in [4.69, 9.17) is 0 Å². The molecule has 0 radical (unpaired) electrons. The van der Waals surface area contributed by atoms with E-state index in [0.29, 0.717) is 5.92 Å². The Morgan fingerprint density at radius 2 is 1.79 bits per heavy atom. The third-order valence-corrected chi connectivity index (χ3v) is 5.89. The lowest BCUT2D eigenvalue weighted by Crippen LogP contribution is -2.50. The van der Waals surface area contributed by atoms with Crippen molar-refractivity contribution in [2.45, 2.75) is 12.3 Å². The molecule has 2 aliphatic rings. The van der Waals surface area contributed by atoms with Crippen molar-refractivity contribution in [3.63, 3.8) is 0 Å². The first kappa shape index (κ1) is 19.6. The van der Waals surface area contributed by atoms with Crippen molar-refractivity contribution in [2.24, 2.45) is 4.99 Å². The van der Waals surface area contributed by atoms with Crippen LogP contribution >= 0.6 is 0 Å². The van der Waals surface area contributed by atoms with Crippen LogP contribution in [0, 0.1) is 0 Å². The molecule has 1 atom stereocenters. The second-order valence-corrected chi connectivity index (χ2v) is 7.69. The fraction of sp³-hybridized carbons (Fsp3) is 0.500. The molecule has 7 nitrogen and oxygen atoms in total. The summed E-state index contributed by atoms with van der Waals surface area (Å²) < 4.78 is 0. The van der Waals surface area contributed by atoms with Gasteiger partial charge in [0.2, 0.25) is 5.95 Å². The third-order valence-electron chi connectivity index (χ3n) is 5.89. The van der Waals surface area contributed by atoms with Crippen LogP contribution in [0.5, 0.6) is 0 Å². The zero-order valence-corrected chi connectivity index (χ0v) is 17.2. The Labute approximate surface area is 173 Å². The average Bonchev–Trinajstić information content (AvgIpc) is 3.28. The molecule has 1 N–H and O–H groups in total. The van der Waals surface area contributed by atoms with E-state index in [-0.39, 0.29) is 0 Å². The van der Waals surface area contributed by atoms with Gasteiger partial charge in [0, 0.05) is 77.7 Å². The molecule has 0 saturated carbocycles. The summed E-state index contributed by atoms with van der Waals surface area (Å²) in [5.74, 6) is 2.47. The van der Waals surface area contributed by atoms with E-state index in [9.17, 15) is 0 Å². The lowest BCUT2D eigenvalue weighted by molar-refractivity contribution is 0.259. The van der Waals surface area contributed by atoms with Gasteiger partial charge in [-0.1, -0.05) is 30.3 Å². The molecule has 4 rings (SSSR count). The second kappa shape index (κ2) is 9.69. The number of benzene rings is 1. The average molecular weight is 394 g/mol. The van der Waals surface area contributed by atoms with E-state index in [1.54, 1.807) is 0 Å². The van der Waals surface area contributed by atoms with Crippen LogP contribution in [0.4, 0.5) is 5.95 Å². The van der Waals surface area contributed by atoms with E-state index in [1.165, 1.54) is 12.0 Å². The van der Waals surface area contributed by atoms with Crippen LogP contribution in [0.25, 0.3) is 0 Å². The van der Waals surface area contributed by atoms with Gasteiger partial charge < -0.3 is 15.1 Å². The van der Waals surface area contributed by atoms with Gasteiger partial charge in [0.05, 0.1) is 0 Å². The molecule has 2 fully saturated rings. The smallest absolute Gasteiger partial charge is 0.225 e. The SMILES string of the molecule is CN=C(NCCN1CCN(c2ncccn2)CC1)N1CCC(c2ccccc2)C1. The highest BCUT2D eigenvalue weighted by molar-refractivity contribution is 5.80. The van der Waals surface area contributed by atoms with Gasteiger partial charge in [-0.05, 0) is 18.1 Å². The Morgan fingerprint density at radius 3 is 2.52 bits per heavy atom. The summed E-state index contributed by atoms with van der Waals surface area (Å²) in [6, 6.07) is 12.7. The molecule has 1 unspecified atom stereocenters. The predicted octanol–water partition coefficient (Wildman–Crippen LogP) is 1.66. The standard InChI is InChI=1S/C22H31N7/c1-23-21(29-12-8-20(18-29)19-6-3-2-4-7-19)26-11-13-27-14-16-28(17-15-27)22-24-9-5-10-25-22/h2-7,9-10,20H,8,11-18H2,1H3,(H,23,26). The van der Waals surface area contributed by atoms with E-state index >= 15 is 0 Å². The number of anilines is 1. The zero-order valence-electron chi connectivity index (χ0n) is 17.2. The number of nitrogens with zero attached hydrogens (tertiary/aromatic N) is 6. The van der Waals surface area contributed by atoms with Crippen molar-refractivity contribution in [2.75, 3.05) is 64.3 Å². The second-order valence-electron chi connectivity index (χ2n) is 7.69. The van der Waals surface area contributed by atoms with Crippen molar-refractivity contribution >= 4 is 11.9 Å². The molecule has 7 heteroatoms. The maximum Gasteiger partial charge on any atom is 0.225 e. The molecule has 0 spiro atoms. The van der Waals surface area contributed by atoms with Crippen molar-refractivity contribution in [1.29, 1.82) is 0 Å². The van der Waals surface area contributed by atoms with Crippen LogP contribution in [0.2, 0.25) is 0 Å². The maximum atomic E-state index is 4.52. The summed E-state index contributed by atoms with van der Waals surface area (Å²) in [6.07, 6.45) is 4.81. The molecule has 1 aromatic carbocycles. The van der Waals surface area contributed by atoms with Gasteiger partial charge in [0.15, 0.2) is 5.96 Å². The molecule has 2 saturated heterocycles. The predicted molar refractivity (Wildman–Crippen MR) is 117 cm³/mol. The van der Waals surface area contributed by atoms with Gasteiger partial charge in [-0.3, -0.25) is 9.89 Å². The number of hydrogen-bond acceptors (Lipinski definition) is 5. The summed E-state index contributed by atoms with van der Waals surface area (Å²) in [4.78, 5) is 20.4. The van der Waals surface area contributed by atoms with Crippen molar-refractivity contribution in [1.82, 2.24) is 25.1 Å². The number of aliphatic imine (C=N–C) groups is 1. The summed E-state index contributed by atoms with van der Waals surface area (Å²) in [5.41, 5.74) is 1.44. The topological polar surface area (TPSA) is 59.9 Å². The summed E-state index contributed by atoms with van der Waals surface area (Å²) in [7, 11) is 1.89. The van der Waals surface area contributed by atoms with Crippen LogP contribution in [0.15, 0.2) is 53.8 Å². The van der Waals surface area contributed by atoms with Crippen molar-refractivity contribution < 1.29 is 0 Å². The first-order chi connectivity index (χ1) is 14.3. The first-order valence-corrected chi connectivity index (χ1v) is 10.6. The molecule has 3 heterocycles. The Morgan fingerprint density at radius 1 is 1.03 bits per heavy atom. The highest BCUT2D eigenvalue weighted by atomic mass is 15.3. The lowest BCUT2D eigenvalue weighted by Gasteiger charge is -2.34. The van der Waals surface area contributed by atoms with E-state index in [2.05, 4.69) is 65.3 Å². The van der Waals surface area contributed by atoms with Gasteiger partial charge in [0.1, 0.15) is 0 Å². The van der Waals surface area contributed by atoms with Gasteiger partial charge in [-0.2, -0.15) is 0 Å². The number of aromatic nitrogens is 2. The summed E-state index contributed by atoms with van der Waals surface area (Å²) >= 11 is 0. The summed E-state index contributed by atoms with van der Waals surface area (Å²) in [6.45, 7) is 8.08. The van der Waals surface area contributed by atoms with Gasteiger partial charge in [-0.15, -0.1) is 0 Å². The van der Waals surface area contributed by atoms with Crippen LogP contribution < -0.4 is 10.2 Å². The molecule has 0 bridgehead atoms. The highest BCUT2D eigenvalue weighted by Gasteiger charge is 2.26. The Hall–Kier alpha value is -2.67. The molecule has 29 heavy (non-hydrogen) atoms. The van der Waals surface area contributed by atoms with E-state index in [0.717, 1.165) is 64.3 Å². The van der Waals surface area contributed by atoms with Crippen LogP contribution in [-0.4, -0.2) is 85.1 Å². The fourth-order valence-corrected chi connectivity index (χ4v) is 4.23. The molecule has 1 aromatic heterocycles. The van der Waals surface area contributed by atoms with Crippen LogP contribution in [-0.2, 0) is 0 Å². The molecule has 2 aromatic rings. The van der Waals surface area contributed by atoms with Crippen LogP contribution in [0.1, 0.15) is 17.9 Å². The number of nitrogens with one attached hydrogen (secondary N) is 1. The Kier molecular flexibility index (Phi) is 6.56. The quantitative estimate of drug-likeness (QED) is 0.616. The fourth-order valence-electron chi connectivity index (χ4n) is 4.23. The highest BCUT2D eigenvalue weighted by Crippen LogP contribution is 2.26. The normalized spacial score (nSPS) is 20.9. The largest absolute Gasteiger partial charge is 0.355 e. The van der Waals surface area contributed by atoms with Crippen LogP contribution in [0.3, 0.4) is 0 Å². The van der Waals surface area contributed by atoms with E-state index < -0.39 is 0 Å². The zero-order chi connectivity index (χ0) is 19.9. The number of likely N-dealkylation sites (tertiary alicyclic amines) is 1. The molecule has 154 valence electrons. The Balaban J connectivity index is 1.19. The number of guanidine groups is 1. The lowest BCUT2D eigenvalue weighted by atomic mass is 9.99. The van der Waals surface area contributed by atoms with Crippen molar-refractivity contribution in [3.05, 3.63) is 54.4 Å². The first-order valence-electron chi connectivity index (χ1n) is 10.6. The molecular weight excluding hydrogens is 362 g/mol. The van der Waals surface area contributed by atoms with E-state index in [1.807, 2.05) is 25.5 Å². The van der Waals surface area contributed by atoms with Gasteiger partial charge >= 0.3 is 0 Å². The summed E-state index contributed by atoms with van der Waals surface area (Å²) in [5, 5.41) is 3.57. The molecule has 2 aliphatic heterocycles. The molecule has 0 amide bonds. The van der Waals surface area contributed by atoms with Gasteiger partial charge in [-0.25, -0.2) is 9.97 Å². The van der Waals surface area contributed by atoms with Crippen molar-refractivity contribution in [3.8, 4) is 0 Å². The number of rotatable bonds is 5. The number of hydrogen-bond donors (Lipinski definition) is 1. The molecule has 0 aliphatic carbocycles. The minimum absolute atomic E-state index is 0.600.